The van der Waals surface area contributed by atoms with E-state index in [2.05, 4.69) is 32.7 Å². The Morgan fingerprint density at radius 2 is 0.610 bits per heavy atom. The Morgan fingerprint density at radius 1 is 0.371 bits per heavy atom. The minimum atomic E-state index is -2.36. The average molecular weight is 1450 g/mol. The highest BCUT2D eigenvalue weighted by atomic mass is 16.6. The molecule has 4 aliphatic rings. The van der Waals surface area contributed by atoms with Crippen LogP contribution >= 0.6 is 0 Å². The molecule has 0 amide bonds. The van der Waals surface area contributed by atoms with Crippen LogP contribution in [0.1, 0.15) is 107 Å². The number of esters is 4. The number of nitrogens with zero attached hydrogens (tertiary/aromatic N) is 12. The predicted molar refractivity (Wildman–Crippen MR) is 384 cm³/mol. The van der Waals surface area contributed by atoms with Gasteiger partial charge in [-0.3, -0.25) is 9.59 Å². The first-order chi connectivity index (χ1) is 50.0. The highest BCUT2D eigenvalue weighted by Crippen LogP contribution is 2.49. The van der Waals surface area contributed by atoms with E-state index in [-0.39, 0.29) is 123 Å². The Hall–Kier alpha value is -9.40. The third kappa shape index (κ3) is 24.3. The first kappa shape index (κ1) is 88.0. The number of allylic oxidation sites excluding steroid dienone is 11. The maximum Gasteiger partial charge on any atom is 0.349 e. The molecule has 0 saturated carbocycles. The Kier molecular flexibility index (Phi) is 35.1. The molecule has 0 saturated heterocycles. The molecule has 28 heteroatoms. The van der Waals surface area contributed by atoms with E-state index in [4.69, 9.17) is 76.6 Å². The van der Waals surface area contributed by atoms with Crippen LogP contribution in [0.15, 0.2) is 90.0 Å². The zero-order valence-corrected chi connectivity index (χ0v) is 64.2. The summed E-state index contributed by atoms with van der Waals surface area (Å²) in [7, 11) is 12.2. The highest BCUT2D eigenvalue weighted by molar-refractivity contribution is 5.97. The number of hydrogen-bond acceptors (Lipinski definition) is 25. The molecule has 0 aromatic heterocycles. The minimum absolute atomic E-state index is 0.00226. The molecule has 0 spiro atoms. The van der Waals surface area contributed by atoms with E-state index in [1.54, 1.807) is 0 Å². The van der Waals surface area contributed by atoms with Crippen molar-refractivity contribution in [1.82, 2.24) is 19.6 Å². The lowest BCUT2D eigenvalue weighted by Gasteiger charge is -2.39. The second-order valence-electron chi connectivity index (χ2n) is 29.3. The van der Waals surface area contributed by atoms with Gasteiger partial charge in [-0.2, -0.15) is 26.3 Å². The van der Waals surface area contributed by atoms with Gasteiger partial charge in [-0.05, 0) is 95.3 Å². The Balaban J connectivity index is 2.21. The van der Waals surface area contributed by atoms with Gasteiger partial charge in [0.15, 0.2) is 5.70 Å². The Labute approximate surface area is 620 Å². The van der Waals surface area contributed by atoms with Crippen LogP contribution in [0.3, 0.4) is 0 Å². The van der Waals surface area contributed by atoms with E-state index < -0.39 is 99.9 Å². The van der Waals surface area contributed by atoms with Crippen molar-refractivity contribution in [3.05, 3.63) is 124 Å². The van der Waals surface area contributed by atoms with E-state index in [9.17, 15) is 26.3 Å². The van der Waals surface area contributed by atoms with Crippen molar-refractivity contribution in [3.63, 3.8) is 0 Å². The van der Waals surface area contributed by atoms with Gasteiger partial charge in [0.05, 0.1) is 95.4 Å². The third-order valence-corrected chi connectivity index (χ3v) is 18.5. The fraction of sp³-hybridized carbons (Fsp3) is 0.636. The summed E-state index contributed by atoms with van der Waals surface area (Å²) in [5.74, 6) is -5.29. The molecule has 0 unspecified atom stereocenters. The number of carbonyl (C=O) groups is 4. The van der Waals surface area contributed by atoms with Crippen LogP contribution < -0.4 is 0 Å². The summed E-state index contributed by atoms with van der Waals surface area (Å²) in [6.07, 6.45) is 1.44. The molecule has 0 bridgehead atoms. The molecular weight excluding hydrogens is 1350 g/mol. The van der Waals surface area contributed by atoms with Gasteiger partial charge in [-0.15, -0.1) is 0 Å². The van der Waals surface area contributed by atoms with Gasteiger partial charge in [0.25, 0.3) is 11.4 Å². The Morgan fingerprint density at radius 3 is 0.867 bits per heavy atom. The fourth-order valence-electron chi connectivity index (χ4n) is 13.3. The molecule has 105 heavy (non-hydrogen) atoms. The molecular formula is C77H104N12O16. The molecule has 0 atom stereocenters. The van der Waals surface area contributed by atoms with Crippen LogP contribution in [-0.4, -0.2) is 232 Å². The summed E-state index contributed by atoms with van der Waals surface area (Å²) in [5, 5.41) is 55.4. The fourth-order valence-corrected chi connectivity index (χ4v) is 13.3. The summed E-state index contributed by atoms with van der Waals surface area (Å²) in [5.41, 5.74) is -5.39. The molecule has 0 heterocycles. The van der Waals surface area contributed by atoms with Crippen LogP contribution in [0.5, 0.6) is 0 Å². The monoisotopic (exact) mass is 1450 g/mol. The molecule has 0 fully saturated rings. The van der Waals surface area contributed by atoms with Gasteiger partial charge in [0, 0.05) is 132 Å². The number of nitriles is 5. The van der Waals surface area contributed by atoms with Gasteiger partial charge in [0.2, 0.25) is 0 Å². The lowest BCUT2D eigenvalue weighted by atomic mass is 9.72. The highest BCUT2D eigenvalue weighted by Gasteiger charge is 2.45. The molecule has 0 N–H and O–H groups in total. The van der Waals surface area contributed by atoms with Crippen LogP contribution in [0.2, 0.25) is 0 Å². The van der Waals surface area contributed by atoms with E-state index in [1.807, 2.05) is 87.1 Å². The standard InChI is InChI=1S/C77H104N12O16/c1-73(2)36-53(57(44-78)62(40-73)86(20-28-94-12)21-29-95-13)60(47-81)69(90)102-49-77(50-103-70(91)61(48-82)54-37-74(3,4)41-63(58(54)45-79)87(22-30-96-14)23-31-97-15,51-104-71(92)67(84-10)55-38-75(5,6)42-64(59(55)46-80)88(24-32-98-16)25-33-99-17)52-105-72(93)68(85-11)56-39-76(7,8)43-65(66(56)83-9)89(26-34-100-18)27-35-101-19/h20-43,49-52H2,1-8,12-19H3/b60-53+,61-54+,67-55+,68-56-. The van der Waals surface area contributed by atoms with Crippen LogP contribution in [0.4, 0.5) is 0 Å². The van der Waals surface area contributed by atoms with Gasteiger partial charge in [-0.25, -0.2) is 24.1 Å². The maximum absolute atomic E-state index is 15.2. The van der Waals surface area contributed by atoms with Crippen molar-refractivity contribution in [2.24, 2.45) is 27.1 Å². The van der Waals surface area contributed by atoms with E-state index in [0.29, 0.717) is 101 Å². The van der Waals surface area contributed by atoms with Crippen LogP contribution in [0, 0.1) is 103 Å². The number of ether oxygens (including phenoxy) is 12. The lowest BCUT2D eigenvalue weighted by Crippen LogP contribution is -2.44. The van der Waals surface area contributed by atoms with Crippen molar-refractivity contribution < 1.29 is 76.0 Å². The maximum atomic E-state index is 15.2. The van der Waals surface area contributed by atoms with E-state index in [1.165, 1.54) is 56.9 Å². The number of hydrogen-bond donors (Lipinski definition) is 0. The molecule has 4 aliphatic carbocycles. The SMILES string of the molecule is [C-]#[N+]C1=C(N(CCOC)CCOC)CC(C)(C)C/C1=C(/[N+]#[C-])C(=O)OCC(COC(=O)/C(C#N)=C1\CC(C)(C)CC(N(CCOC)CCOC)=C1C#N)(COC(=O)/C(C#N)=C1\CC(C)(C)CC(N(CCOC)CCOC)=C1C#N)COC(=O)/C([N+]#[C-])=C1/CC(C)(C)CC(N(CCOC)CCOC)=C1C#N. The number of carbonyl (C=O) groups excluding carboxylic acids is 4. The number of methoxy groups -OCH3 is 8. The van der Waals surface area contributed by atoms with Gasteiger partial charge in [-0.1, -0.05) is 55.4 Å². The Bertz CT molecular complexity index is 3260. The minimum Gasteiger partial charge on any atom is -0.470 e. The second-order valence-corrected chi connectivity index (χ2v) is 29.3. The summed E-state index contributed by atoms with van der Waals surface area (Å²) in [4.78, 5) is 79.8. The predicted octanol–water partition coefficient (Wildman–Crippen LogP) is 9.26. The summed E-state index contributed by atoms with van der Waals surface area (Å²) in [6, 6.07) is 10.6. The van der Waals surface area contributed by atoms with Crippen molar-refractivity contribution in [2.75, 3.05) is 189 Å². The molecule has 0 radical (unpaired) electrons. The topological polar surface area (TPSA) is 324 Å². The zero-order valence-electron chi connectivity index (χ0n) is 64.2. The molecule has 0 aromatic rings. The zero-order chi connectivity index (χ0) is 78.3. The summed E-state index contributed by atoms with van der Waals surface area (Å²) >= 11 is 0. The van der Waals surface area contributed by atoms with Crippen molar-refractivity contribution in [2.45, 2.75) is 107 Å². The third-order valence-electron chi connectivity index (χ3n) is 18.5. The van der Waals surface area contributed by atoms with Crippen molar-refractivity contribution in [1.29, 1.82) is 26.3 Å². The average Bonchev–Trinajstić information content (AvgIpc) is 0.795. The van der Waals surface area contributed by atoms with Gasteiger partial charge >= 0.3 is 23.9 Å². The summed E-state index contributed by atoms with van der Waals surface area (Å²) < 4.78 is 68.2. The molecule has 0 aromatic carbocycles. The van der Waals surface area contributed by atoms with Gasteiger partial charge < -0.3 is 76.4 Å². The van der Waals surface area contributed by atoms with Crippen molar-refractivity contribution >= 4 is 23.9 Å². The molecule has 4 rings (SSSR count). The van der Waals surface area contributed by atoms with Gasteiger partial charge in [0.1, 0.15) is 67.3 Å². The van der Waals surface area contributed by atoms with Crippen LogP contribution in [0.25, 0.3) is 14.5 Å². The smallest absolute Gasteiger partial charge is 0.349 e. The largest absolute Gasteiger partial charge is 0.470 e. The van der Waals surface area contributed by atoms with Crippen molar-refractivity contribution in [3.8, 4) is 30.3 Å². The normalized spacial score (nSPS) is 18.6. The van der Waals surface area contributed by atoms with Crippen LogP contribution in [-0.2, 0) is 76.0 Å². The molecule has 0 aliphatic heterocycles. The second kappa shape index (κ2) is 41.9. The molecule has 28 nitrogen and oxygen atoms in total. The molecule has 568 valence electrons. The quantitative estimate of drug-likeness (QED) is 0.0181. The first-order valence-corrected chi connectivity index (χ1v) is 34.6. The van der Waals surface area contributed by atoms with E-state index >= 15 is 19.2 Å². The number of rotatable bonds is 40. The summed E-state index contributed by atoms with van der Waals surface area (Å²) in [6.45, 7) is 41.1. The first-order valence-electron chi connectivity index (χ1n) is 34.6. The van der Waals surface area contributed by atoms with E-state index in [0.717, 1.165) is 0 Å². The lowest BCUT2D eigenvalue weighted by molar-refractivity contribution is -0.165.